The van der Waals surface area contributed by atoms with Gasteiger partial charge in [-0.2, -0.15) is 0 Å². The number of aromatic nitrogens is 4. The molecule has 0 fully saturated rings. The smallest absolute Gasteiger partial charge is 0.256 e. The van der Waals surface area contributed by atoms with Crippen molar-refractivity contribution in [2.24, 2.45) is 0 Å². The fourth-order valence-corrected chi connectivity index (χ4v) is 3.04. The zero-order chi connectivity index (χ0) is 21.1. The standard InChI is InChI=1S/C23H24N6O/c1-23(2,3)18-8-6-17(7-9-18)22(30)27-20-15-29-21(26-20)11-10-19(28-29)25-14-16-5-4-12-24-13-16/h4-13,15H,14H2,1-3H3,(H,25,28)(H,27,30). The second-order valence-corrected chi connectivity index (χ2v) is 8.14. The summed E-state index contributed by atoms with van der Waals surface area (Å²) in [5.74, 6) is 0.963. The summed E-state index contributed by atoms with van der Waals surface area (Å²) >= 11 is 0. The maximum Gasteiger partial charge on any atom is 0.256 e. The van der Waals surface area contributed by atoms with Gasteiger partial charge in [0.25, 0.3) is 5.91 Å². The van der Waals surface area contributed by atoms with Crippen LogP contribution >= 0.6 is 0 Å². The molecule has 4 rings (SSSR count). The van der Waals surface area contributed by atoms with Crippen LogP contribution in [0.5, 0.6) is 0 Å². The van der Waals surface area contributed by atoms with Gasteiger partial charge < -0.3 is 10.6 Å². The van der Waals surface area contributed by atoms with Gasteiger partial charge in [-0.05, 0) is 46.9 Å². The van der Waals surface area contributed by atoms with E-state index in [-0.39, 0.29) is 11.3 Å². The molecule has 2 N–H and O–H groups in total. The predicted octanol–water partition coefficient (Wildman–Crippen LogP) is 4.29. The van der Waals surface area contributed by atoms with Crippen LogP contribution in [0.1, 0.15) is 42.3 Å². The minimum Gasteiger partial charge on any atom is -0.364 e. The lowest BCUT2D eigenvalue weighted by Gasteiger charge is -2.18. The first-order valence-corrected chi connectivity index (χ1v) is 9.79. The van der Waals surface area contributed by atoms with Crippen LogP contribution < -0.4 is 10.6 Å². The Morgan fingerprint density at radius 3 is 2.53 bits per heavy atom. The summed E-state index contributed by atoms with van der Waals surface area (Å²) in [6, 6.07) is 15.3. The van der Waals surface area contributed by atoms with Crippen molar-refractivity contribution < 1.29 is 4.79 Å². The molecule has 7 nitrogen and oxygen atoms in total. The minimum absolute atomic E-state index is 0.0467. The normalized spacial score (nSPS) is 11.4. The quantitative estimate of drug-likeness (QED) is 0.522. The van der Waals surface area contributed by atoms with Crippen LogP contribution in [-0.4, -0.2) is 25.5 Å². The molecule has 152 valence electrons. The van der Waals surface area contributed by atoms with Crippen LogP contribution in [-0.2, 0) is 12.0 Å². The third kappa shape index (κ3) is 4.46. The Labute approximate surface area is 175 Å². The van der Waals surface area contributed by atoms with Gasteiger partial charge in [0.05, 0.1) is 6.20 Å². The molecule has 0 saturated heterocycles. The van der Waals surface area contributed by atoms with Crippen molar-refractivity contribution in [2.45, 2.75) is 32.7 Å². The van der Waals surface area contributed by atoms with E-state index in [2.05, 4.69) is 46.5 Å². The molecular weight excluding hydrogens is 376 g/mol. The minimum atomic E-state index is -0.200. The lowest BCUT2D eigenvalue weighted by molar-refractivity contribution is 0.102. The molecular formula is C23H24N6O. The molecule has 0 atom stereocenters. The van der Waals surface area contributed by atoms with Crippen LogP contribution in [0.4, 0.5) is 11.6 Å². The second-order valence-electron chi connectivity index (χ2n) is 8.14. The molecule has 3 aromatic heterocycles. The van der Waals surface area contributed by atoms with Gasteiger partial charge >= 0.3 is 0 Å². The number of imidazole rings is 1. The van der Waals surface area contributed by atoms with Crippen LogP contribution in [0.2, 0.25) is 0 Å². The molecule has 0 aliphatic rings. The van der Waals surface area contributed by atoms with Crippen molar-refractivity contribution in [1.82, 2.24) is 19.6 Å². The summed E-state index contributed by atoms with van der Waals surface area (Å²) in [4.78, 5) is 21.1. The lowest BCUT2D eigenvalue weighted by Crippen LogP contribution is -2.14. The van der Waals surface area contributed by atoms with Crippen molar-refractivity contribution in [2.75, 3.05) is 10.6 Å². The third-order valence-electron chi connectivity index (χ3n) is 4.77. The van der Waals surface area contributed by atoms with E-state index in [1.54, 1.807) is 16.9 Å². The molecule has 1 amide bonds. The topological polar surface area (TPSA) is 84.2 Å². The number of benzene rings is 1. The Hall–Kier alpha value is -3.74. The molecule has 0 aliphatic carbocycles. The molecule has 4 aromatic rings. The van der Waals surface area contributed by atoms with Crippen molar-refractivity contribution in [3.8, 4) is 0 Å². The summed E-state index contributed by atoms with van der Waals surface area (Å²) < 4.78 is 1.64. The molecule has 0 bridgehead atoms. The van der Waals surface area contributed by atoms with Crippen LogP contribution in [0.3, 0.4) is 0 Å². The summed E-state index contributed by atoms with van der Waals surface area (Å²) in [6.45, 7) is 7.05. The van der Waals surface area contributed by atoms with E-state index in [0.717, 1.165) is 5.56 Å². The summed E-state index contributed by atoms with van der Waals surface area (Å²) in [5.41, 5.74) is 3.54. The molecule has 0 spiro atoms. The Morgan fingerprint density at radius 1 is 1.03 bits per heavy atom. The Kier molecular flexibility index (Phi) is 5.18. The first kappa shape index (κ1) is 19.6. The number of carbonyl (C=O) groups excluding carboxylic acids is 1. The number of amides is 1. The van der Waals surface area contributed by atoms with E-state index in [1.165, 1.54) is 5.56 Å². The monoisotopic (exact) mass is 400 g/mol. The molecule has 30 heavy (non-hydrogen) atoms. The molecule has 0 radical (unpaired) electrons. The van der Waals surface area contributed by atoms with Gasteiger partial charge in [-0.25, -0.2) is 9.50 Å². The number of pyridine rings is 1. The highest BCUT2D eigenvalue weighted by Gasteiger charge is 2.15. The van der Waals surface area contributed by atoms with Gasteiger partial charge in [-0.15, -0.1) is 5.10 Å². The zero-order valence-corrected chi connectivity index (χ0v) is 17.3. The predicted molar refractivity (Wildman–Crippen MR) is 118 cm³/mol. The van der Waals surface area contributed by atoms with Gasteiger partial charge in [-0.1, -0.05) is 39.0 Å². The summed E-state index contributed by atoms with van der Waals surface area (Å²) in [6.07, 6.45) is 5.25. The number of nitrogens with one attached hydrogen (secondary N) is 2. The molecule has 3 heterocycles. The average molecular weight is 400 g/mol. The number of rotatable bonds is 5. The second kappa shape index (κ2) is 7.94. The Bertz CT molecular complexity index is 1160. The lowest BCUT2D eigenvalue weighted by atomic mass is 9.87. The van der Waals surface area contributed by atoms with E-state index in [1.807, 2.05) is 54.7 Å². The average Bonchev–Trinajstić information content (AvgIpc) is 3.14. The summed E-state index contributed by atoms with van der Waals surface area (Å²) in [7, 11) is 0. The van der Waals surface area contributed by atoms with E-state index < -0.39 is 0 Å². The fourth-order valence-electron chi connectivity index (χ4n) is 3.04. The molecule has 1 aromatic carbocycles. The Morgan fingerprint density at radius 2 is 1.83 bits per heavy atom. The fraction of sp³-hybridized carbons (Fsp3) is 0.217. The van der Waals surface area contributed by atoms with Crippen LogP contribution in [0, 0.1) is 0 Å². The highest BCUT2D eigenvalue weighted by Crippen LogP contribution is 2.22. The van der Waals surface area contributed by atoms with Crippen molar-refractivity contribution >= 4 is 23.2 Å². The van der Waals surface area contributed by atoms with Crippen LogP contribution in [0.25, 0.3) is 5.65 Å². The Balaban J connectivity index is 1.45. The van der Waals surface area contributed by atoms with Crippen LogP contribution in [0.15, 0.2) is 67.1 Å². The number of hydrogen-bond acceptors (Lipinski definition) is 5. The van der Waals surface area contributed by atoms with E-state index in [4.69, 9.17) is 0 Å². The van der Waals surface area contributed by atoms with Gasteiger partial charge in [0.1, 0.15) is 5.82 Å². The number of anilines is 2. The highest BCUT2D eigenvalue weighted by molar-refractivity contribution is 6.03. The van der Waals surface area contributed by atoms with Crippen molar-refractivity contribution in [3.63, 3.8) is 0 Å². The van der Waals surface area contributed by atoms with Crippen molar-refractivity contribution in [1.29, 1.82) is 0 Å². The SMILES string of the molecule is CC(C)(C)c1ccc(C(=O)Nc2cn3nc(NCc4cccnc4)ccc3n2)cc1. The first-order valence-electron chi connectivity index (χ1n) is 9.79. The number of hydrogen-bond donors (Lipinski definition) is 2. The molecule has 0 aliphatic heterocycles. The number of nitrogens with zero attached hydrogens (tertiary/aromatic N) is 4. The molecule has 0 saturated carbocycles. The molecule has 0 unspecified atom stereocenters. The summed E-state index contributed by atoms with van der Waals surface area (Å²) in [5, 5.41) is 10.6. The maximum atomic E-state index is 12.6. The third-order valence-corrected chi connectivity index (χ3v) is 4.77. The van der Waals surface area contributed by atoms with Gasteiger partial charge in [0.2, 0.25) is 0 Å². The van der Waals surface area contributed by atoms with Gasteiger partial charge in [0, 0.05) is 24.5 Å². The highest BCUT2D eigenvalue weighted by atomic mass is 16.1. The van der Waals surface area contributed by atoms with E-state index in [0.29, 0.717) is 29.4 Å². The van der Waals surface area contributed by atoms with Gasteiger partial charge in [-0.3, -0.25) is 9.78 Å². The van der Waals surface area contributed by atoms with Gasteiger partial charge in [0.15, 0.2) is 11.5 Å². The van der Waals surface area contributed by atoms with Crippen molar-refractivity contribution in [3.05, 3.63) is 83.8 Å². The van der Waals surface area contributed by atoms with E-state index >= 15 is 0 Å². The number of carbonyl (C=O) groups is 1. The first-order chi connectivity index (χ1) is 14.4. The maximum absolute atomic E-state index is 12.6. The zero-order valence-electron chi connectivity index (χ0n) is 17.3. The molecule has 7 heteroatoms. The number of fused-ring (bicyclic) bond motifs is 1. The van der Waals surface area contributed by atoms with E-state index in [9.17, 15) is 4.79 Å². The largest absolute Gasteiger partial charge is 0.364 e.